The molecular formula is C36H47ClN2O2S. The quantitative estimate of drug-likeness (QED) is 0.116. The number of halogens is 1. The molecule has 6 heteroatoms. The van der Waals surface area contributed by atoms with Gasteiger partial charge in [-0.2, -0.15) is 0 Å². The zero-order valence-electron chi connectivity index (χ0n) is 25.2. The molecule has 2 aliphatic heterocycles. The minimum absolute atomic E-state index is 0.268. The van der Waals surface area contributed by atoms with Gasteiger partial charge in [0.2, 0.25) is 0 Å². The Morgan fingerprint density at radius 3 is 1.57 bits per heavy atom. The van der Waals surface area contributed by atoms with Crippen molar-refractivity contribution in [3.8, 4) is 0 Å². The lowest BCUT2D eigenvalue weighted by atomic mass is 10.0. The molecule has 2 amide bonds. The molecule has 2 aliphatic rings. The standard InChI is InChI=1S/C36H47ClN2O2S/c1-2-3-4-5-6-7-8-9-10-11-12-13-14-15-16-17-25-42-30-23-21-27(22-24-30)33-31-32(36(41)38-33)34(39-35(31)40)28-19-18-20-29(37)26-28/h18-24,26H,2-17,25H2,1H3,(H,38,41)(H,39,40). The van der Waals surface area contributed by atoms with E-state index in [-0.39, 0.29) is 11.8 Å². The van der Waals surface area contributed by atoms with Crippen molar-refractivity contribution in [3.63, 3.8) is 0 Å². The second-order valence-electron chi connectivity index (χ2n) is 11.6. The summed E-state index contributed by atoms with van der Waals surface area (Å²) >= 11 is 8.01. The van der Waals surface area contributed by atoms with Gasteiger partial charge in [0.15, 0.2) is 0 Å². The van der Waals surface area contributed by atoms with Gasteiger partial charge in [-0.25, -0.2) is 0 Å². The van der Waals surface area contributed by atoms with E-state index < -0.39 is 0 Å². The third-order valence-electron chi connectivity index (χ3n) is 8.20. The van der Waals surface area contributed by atoms with Crippen LogP contribution in [0, 0.1) is 0 Å². The maximum Gasteiger partial charge on any atom is 0.258 e. The van der Waals surface area contributed by atoms with Gasteiger partial charge < -0.3 is 10.6 Å². The van der Waals surface area contributed by atoms with E-state index in [1.165, 1.54) is 108 Å². The molecule has 0 unspecified atom stereocenters. The first-order chi connectivity index (χ1) is 20.6. The smallest absolute Gasteiger partial charge is 0.258 e. The minimum atomic E-state index is -0.268. The Morgan fingerprint density at radius 1 is 0.595 bits per heavy atom. The zero-order chi connectivity index (χ0) is 29.6. The van der Waals surface area contributed by atoms with Crippen molar-refractivity contribution < 1.29 is 9.59 Å². The fraction of sp³-hybridized carbons (Fsp3) is 0.500. The molecule has 2 aromatic carbocycles. The Morgan fingerprint density at radius 2 is 1.07 bits per heavy atom. The second-order valence-corrected chi connectivity index (χ2v) is 13.2. The maximum absolute atomic E-state index is 12.9. The summed E-state index contributed by atoms with van der Waals surface area (Å²) in [5.74, 6) is 0.575. The van der Waals surface area contributed by atoms with Gasteiger partial charge in [-0.05, 0) is 42.0 Å². The number of carbonyl (C=O) groups excluding carboxylic acids is 2. The van der Waals surface area contributed by atoms with Gasteiger partial charge in [0.05, 0.1) is 22.5 Å². The molecule has 226 valence electrons. The Hall–Kier alpha value is -2.50. The van der Waals surface area contributed by atoms with Crippen molar-refractivity contribution in [1.29, 1.82) is 0 Å². The number of thioether (sulfide) groups is 1. The number of hydrogen-bond acceptors (Lipinski definition) is 3. The highest BCUT2D eigenvalue weighted by atomic mass is 35.5. The molecular weight excluding hydrogens is 560 g/mol. The molecule has 2 N–H and O–H groups in total. The first-order valence-corrected chi connectivity index (χ1v) is 17.6. The fourth-order valence-electron chi connectivity index (χ4n) is 5.82. The maximum atomic E-state index is 12.9. The number of carbonyl (C=O) groups is 2. The van der Waals surface area contributed by atoms with Gasteiger partial charge in [-0.3, -0.25) is 9.59 Å². The van der Waals surface area contributed by atoms with Crippen molar-refractivity contribution >= 4 is 46.6 Å². The first-order valence-electron chi connectivity index (χ1n) is 16.2. The summed E-state index contributed by atoms with van der Waals surface area (Å²) < 4.78 is 0. The highest BCUT2D eigenvalue weighted by Gasteiger charge is 2.40. The van der Waals surface area contributed by atoms with Gasteiger partial charge >= 0.3 is 0 Å². The highest BCUT2D eigenvalue weighted by Crippen LogP contribution is 2.38. The lowest BCUT2D eigenvalue weighted by Crippen LogP contribution is -2.21. The van der Waals surface area contributed by atoms with Crippen LogP contribution in [0.4, 0.5) is 0 Å². The molecule has 0 bridgehead atoms. The second kappa shape index (κ2) is 17.6. The Balaban J connectivity index is 1.11. The summed E-state index contributed by atoms with van der Waals surface area (Å²) in [7, 11) is 0. The third-order valence-corrected chi connectivity index (χ3v) is 9.54. The molecule has 2 heterocycles. The average Bonchev–Trinajstić information content (AvgIpc) is 3.52. The highest BCUT2D eigenvalue weighted by molar-refractivity contribution is 7.99. The molecule has 0 spiro atoms. The van der Waals surface area contributed by atoms with Crippen molar-refractivity contribution in [3.05, 3.63) is 75.8 Å². The van der Waals surface area contributed by atoms with E-state index in [9.17, 15) is 9.59 Å². The Labute approximate surface area is 262 Å². The largest absolute Gasteiger partial charge is 0.321 e. The van der Waals surface area contributed by atoms with Crippen molar-refractivity contribution in [2.45, 2.75) is 115 Å². The van der Waals surface area contributed by atoms with Crippen LogP contribution in [0.5, 0.6) is 0 Å². The zero-order valence-corrected chi connectivity index (χ0v) is 26.8. The van der Waals surface area contributed by atoms with E-state index in [0.29, 0.717) is 27.6 Å². The average molecular weight is 607 g/mol. The normalized spacial score (nSPS) is 14.5. The van der Waals surface area contributed by atoms with Crippen molar-refractivity contribution in [1.82, 2.24) is 10.6 Å². The van der Waals surface area contributed by atoms with Gasteiger partial charge in [0.1, 0.15) is 0 Å². The van der Waals surface area contributed by atoms with Gasteiger partial charge in [0, 0.05) is 15.5 Å². The van der Waals surface area contributed by atoms with Crippen LogP contribution in [0.25, 0.3) is 11.4 Å². The number of unbranched alkanes of at least 4 members (excludes halogenated alkanes) is 15. The molecule has 4 rings (SSSR count). The van der Waals surface area contributed by atoms with Gasteiger partial charge in [-0.1, -0.05) is 139 Å². The van der Waals surface area contributed by atoms with E-state index in [1.54, 1.807) is 12.1 Å². The van der Waals surface area contributed by atoms with Gasteiger partial charge in [-0.15, -0.1) is 11.8 Å². The van der Waals surface area contributed by atoms with Gasteiger partial charge in [0.25, 0.3) is 11.8 Å². The summed E-state index contributed by atoms with van der Waals surface area (Å²) in [6.07, 6.45) is 22.2. The summed E-state index contributed by atoms with van der Waals surface area (Å²) in [4.78, 5) is 26.9. The predicted octanol–water partition coefficient (Wildman–Crippen LogP) is 10.1. The lowest BCUT2D eigenvalue weighted by Gasteiger charge is -2.08. The summed E-state index contributed by atoms with van der Waals surface area (Å²) in [5, 5.41) is 6.35. The van der Waals surface area contributed by atoms with Crippen molar-refractivity contribution in [2.75, 3.05) is 5.75 Å². The van der Waals surface area contributed by atoms with Crippen LogP contribution < -0.4 is 10.6 Å². The monoisotopic (exact) mass is 606 g/mol. The lowest BCUT2D eigenvalue weighted by molar-refractivity contribution is -0.117. The predicted molar refractivity (Wildman–Crippen MR) is 178 cm³/mol. The number of rotatable bonds is 20. The molecule has 0 aliphatic carbocycles. The minimum Gasteiger partial charge on any atom is -0.321 e. The van der Waals surface area contributed by atoms with Crippen LogP contribution in [0.3, 0.4) is 0 Å². The molecule has 4 nitrogen and oxygen atoms in total. The van der Waals surface area contributed by atoms with Crippen LogP contribution in [0.2, 0.25) is 5.02 Å². The summed E-state index contributed by atoms with van der Waals surface area (Å²) in [6.45, 7) is 2.28. The van der Waals surface area contributed by atoms with E-state index in [0.717, 1.165) is 16.9 Å². The molecule has 0 fully saturated rings. The molecule has 2 aromatic rings. The number of benzene rings is 2. The van der Waals surface area contributed by atoms with E-state index in [2.05, 4.69) is 29.7 Å². The molecule has 0 saturated heterocycles. The Bertz CT molecular complexity index is 1250. The van der Waals surface area contributed by atoms with E-state index in [4.69, 9.17) is 11.6 Å². The number of hydrogen-bond donors (Lipinski definition) is 2. The van der Waals surface area contributed by atoms with Crippen LogP contribution in [0.15, 0.2) is 64.6 Å². The Kier molecular flexibility index (Phi) is 13.6. The van der Waals surface area contributed by atoms with Crippen molar-refractivity contribution in [2.24, 2.45) is 0 Å². The first kappa shape index (κ1) is 32.4. The third kappa shape index (κ3) is 9.50. The summed E-state index contributed by atoms with van der Waals surface area (Å²) in [6, 6.07) is 15.3. The molecule has 42 heavy (non-hydrogen) atoms. The van der Waals surface area contributed by atoms with Crippen LogP contribution in [-0.2, 0) is 9.59 Å². The molecule has 0 radical (unpaired) electrons. The van der Waals surface area contributed by atoms with Crippen LogP contribution >= 0.6 is 23.4 Å². The number of fused-ring (bicyclic) bond motifs is 1. The number of amides is 2. The molecule has 0 aromatic heterocycles. The SMILES string of the molecule is CCCCCCCCCCCCCCCCCCSc1ccc(C2=C3C(=O)NC(c4cccc(Cl)c4)=C3C(=O)N2)cc1. The van der Waals surface area contributed by atoms with Crippen LogP contribution in [-0.4, -0.2) is 17.6 Å². The molecule has 0 saturated carbocycles. The van der Waals surface area contributed by atoms with E-state index >= 15 is 0 Å². The number of nitrogens with one attached hydrogen (secondary N) is 2. The molecule has 0 atom stereocenters. The summed E-state index contributed by atoms with van der Waals surface area (Å²) in [5.41, 5.74) is 3.43. The van der Waals surface area contributed by atoms with E-state index in [1.807, 2.05) is 36.0 Å². The van der Waals surface area contributed by atoms with Crippen LogP contribution in [0.1, 0.15) is 121 Å². The topological polar surface area (TPSA) is 58.2 Å². The fourth-order valence-corrected chi connectivity index (χ4v) is 6.92.